The van der Waals surface area contributed by atoms with E-state index in [9.17, 15) is 20.2 Å². The van der Waals surface area contributed by atoms with Crippen LogP contribution in [0.3, 0.4) is 0 Å². The summed E-state index contributed by atoms with van der Waals surface area (Å²) in [5, 5.41) is 28.3. The molecule has 0 radical (unpaired) electrons. The third-order valence-corrected chi connectivity index (χ3v) is 7.46. The fraction of sp³-hybridized carbons (Fsp3) is 0.310. The maximum Gasteiger partial charge on any atom is 0.294 e. The van der Waals surface area contributed by atoms with Gasteiger partial charge in [-0.2, -0.15) is 5.26 Å². The van der Waals surface area contributed by atoms with E-state index in [0.29, 0.717) is 33.2 Å². The smallest absolute Gasteiger partial charge is 0.294 e. The summed E-state index contributed by atoms with van der Waals surface area (Å²) in [5.41, 5.74) is 4.59. The van der Waals surface area contributed by atoms with Crippen molar-refractivity contribution in [2.45, 2.75) is 58.9 Å². The van der Waals surface area contributed by atoms with E-state index < -0.39 is 5.91 Å². The second-order valence-electron chi connectivity index (χ2n) is 9.64. The molecule has 1 aliphatic rings. The highest BCUT2D eigenvalue weighted by atomic mass is 35.5. The Hall–Kier alpha value is -4.09. The van der Waals surface area contributed by atoms with Gasteiger partial charge in [0.2, 0.25) is 0 Å². The lowest BCUT2D eigenvalue weighted by molar-refractivity contribution is -0.384. The number of nitro groups is 1. The number of nitrogens with zero attached hydrogens (tertiary/aromatic N) is 3. The van der Waals surface area contributed by atoms with E-state index in [4.69, 9.17) is 11.6 Å². The molecule has 1 saturated carbocycles. The SMILES string of the molecule is Cc1c(Cl)cccc1NC(=O)C(C#N)=Cc1cc(C)n(-c2ccc(NC3CCCCC3)c([N+](=O)[O-])c2)c1C. The van der Waals surface area contributed by atoms with Crippen molar-refractivity contribution in [1.82, 2.24) is 4.57 Å². The first-order valence-electron chi connectivity index (χ1n) is 12.6. The maximum absolute atomic E-state index is 12.9. The van der Waals surface area contributed by atoms with Crippen molar-refractivity contribution < 1.29 is 9.72 Å². The van der Waals surface area contributed by atoms with E-state index >= 15 is 0 Å². The fourth-order valence-corrected chi connectivity index (χ4v) is 5.14. The molecule has 9 heteroatoms. The zero-order valence-corrected chi connectivity index (χ0v) is 22.4. The summed E-state index contributed by atoms with van der Waals surface area (Å²) in [4.78, 5) is 24.4. The number of halogens is 1. The molecule has 0 spiro atoms. The Morgan fingerprint density at radius 1 is 1.13 bits per heavy atom. The van der Waals surface area contributed by atoms with Gasteiger partial charge in [0.05, 0.1) is 10.6 Å². The number of hydrogen-bond acceptors (Lipinski definition) is 5. The predicted octanol–water partition coefficient (Wildman–Crippen LogP) is 7.25. The molecule has 1 heterocycles. The highest BCUT2D eigenvalue weighted by molar-refractivity contribution is 6.31. The number of carbonyl (C=O) groups excluding carboxylic acids is 1. The van der Waals surface area contributed by atoms with Crippen molar-refractivity contribution in [1.29, 1.82) is 5.26 Å². The molecule has 3 aromatic rings. The summed E-state index contributed by atoms with van der Waals surface area (Å²) in [6, 6.07) is 14.4. The van der Waals surface area contributed by atoms with E-state index in [1.165, 1.54) is 12.5 Å². The topological polar surface area (TPSA) is 113 Å². The van der Waals surface area contributed by atoms with Gasteiger partial charge >= 0.3 is 0 Å². The number of amides is 1. The van der Waals surface area contributed by atoms with E-state index in [1.807, 2.05) is 36.6 Å². The van der Waals surface area contributed by atoms with Gasteiger partial charge in [-0.3, -0.25) is 14.9 Å². The third kappa shape index (κ3) is 5.74. The van der Waals surface area contributed by atoms with Crippen LogP contribution in [0.4, 0.5) is 17.1 Å². The number of carbonyl (C=O) groups is 1. The number of aromatic nitrogens is 1. The molecule has 0 saturated heterocycles. The van der Waals surface area contributed by atoms with Crippen LogP contribution in [-0.2, 0) is 4.79 Å². The Morgan fingerprint density at radius 3 is 2.55 bits per heavy atom. The summed E-state index contributed by atoms with van der Waals surface area (Å²) < 4.78 is 1.89. The van der Waals surface area contributed by atoms with Crippen LogP contribution < -0.4 is 10.6 Å². The molecule has 2 N–H and O–H groups in total. The Morgan fingerprint density at radius 2 is 1.87 bits per heavy atom. The molecule has 196 valence electrons. The zero-order chi connectivity index (χ0) is 27.4. The minimum Gasteiger partial charge on any atom is -0.377 e. The highest BCUT2D eigenvalue weighted by Crippen LogP contribution is 2.32. The normalized spacial score (nSPS) is 14.1. The molecule has 0 aliphatic heterocycles. The van der Waals surface area contributed by atoms with Crippen molar-refractivity contribution in [2.24, 2.45) is 0 Å². The van der Waals surface area contributed by atoms with Crippen LogP contribution in [0.5, 0.6) is 0 Å². The largest absolute Gasteiger partial charge is 0.377 e. The van der Waals surface area contributed by atoms with Crippen LogP contribution in [0.1, 0.15) is 54.6 Å². The number of rotatable bonds is 7. The van der Waals surface area contributed by atoms with Crippen LogP contribution in [-0.4, -0.2) is 21.4 Å². The number of nitrogens with one attached hydrogen (secondary N) is 2. The lowest BCUT2D eigenvalue weighted by Crippen LogP contribution is -2.22. The monoisotopic (exact) mass is 531 g/mol. The number of benzene rings is 2. The maximum atomic E-state index is 12.9. The van der Waals surface area contributed by atoms with Gasteiger partial charge in [-0.1, -0.05) is 36.9 Å². The van der Waals surface area contributed by atoms with Crippen LogP contribution in [0.25, 0.3) is 11.8 Å². The number of nitro benzene ring substituents is 1. The van der Waals surface area contributed by atoms with E-state index in [1.54, 1.807) is 37.3 Å². The Bertz CT molecular complexity index is 1460. The van der Waals surface area contributed by atoms with Gasteiger partial charge in [0.1, 0.15) is 17.3 Å². The number of hydrogen-bond donors (Lipinski definition) is 2. The highest BCUT2D eigenvalue weighted by Gasteiger charge is 2.22. The molecule has 1 amide bonds. The fourth-order valence-electron chi connectivity index (χ4n) is 4.97. The first-order chi connectivity index (χ1) is 18.2. The minimum absolute atomic E-state index is 0.0200. The summed E-state index contributed by atoms with van der Waals surface area (Å²) in [6.45, 7) is 5.52. The predicted molar refractivity (Wildman–Crippen MR) is 151 cm³/mol. The molecule has 1 aliphatic carbocycles. The summed E-state index contributed by atoms with van der Waals surface area (Å²) in [5.74, 6) is -0.545. The van der Waals surface area contributed by atoms with Crippen LogP contribution in [0.15, 0.2) is 48.0 Å². The van der Waals surface area contributed by atoms with Crippen molar-refractivity contribution in [3.05, 3.63) is 85.7 Å². The Labute approximate surface area is 227 Å². The first kappa shape index (κ1) is 27.0. The number of aryl methyl sites for hydroxylation is 1. The molecule has 0 atom stereocenters. The van der Waals surface area contributed by atoms with Crippen molar-refractivity contribution >= 4 is 40.6 Å². The van der Waals surface area contributed by atoms with Gasteiger partial charge in [-0.25, -0.2) is 0 Å². The molecule has 2 aromatic carbocycles. The molecule has 0 bridgehead atoms. The lowest BCUT2D eigenvalue weighted by atomic mass is 9.95. The molecule has 4 rings (SSSR count). The Balaban J connectivity index is 1.64. The quantitative estimate of drug-likeness (QED) is 0.144. The summed E-state index contributed by atoms with van der Waals surface area (Å²) in [7, 11) is 0. The third-order valence-electron chi connectivity index (χ3n) is 7.05. The average molecular weight is 532 g/mol. The second-order valence-corrected chi connectivity index (χ2v) is 10.0. The van der Waals surface area contributed by atoms with Crippen molar-refractivity contribution in [3.63, 3.8) is 0 Å². The zero-order valence-electron chi connectivity index (χ0n) is 21.7. The van der Waals surface area contributed by atoms with E-state index in [-0.39, 0.29) is 22.2 Å². The van der Waals surface area contributed by atoms with Gasteiger partial charge in [-0.15, -0.1) is 0 Å². The van der Waals surface area contributed by atoms with Gasteiger partial charge < -0.3 is 15.2 Å². The average Bonchev–Trinajstić information content (AvgIpc) is 3.18. The molecular weight excluding hydrogens is 502 g/mol. The van der Waals surface area contributed by atoms with Gasteiger partial charge in [-0.05, 0) is 81.1 Å². The standard InChI is InChI=1S/C29H30ClN5O3/c1-18-14-21(15-22(17-31)29(36)33-26-11-7-10-25(30)19(26)2)20(3)34(18)24-12-13-27(28(16-24)35(37)38)32-23-8-5-4-6-9-23/h7,10-16,23,32H,4-6,8-9H2,1-3H3,(H,33,36). The van der Waals surface area contributed by atoms with Crippen LogP contribution in [0.2, 0.25) is 5.02 Å². The molecule has 38 heavy (non-hydrogen) atoms. The molecule has 1 fully saturated rings. The van der Waals surface area contributed by atoms with E-state index in [0.717, 1.165) is 37.1 Å². The van der Waals surface area contributed by atoms with Crippen LogP contribution >= 0.6 is 11.6 Å². The van der Waals surface area contributed by atoms with Gasteiger partial charge in [0.25, 0.3) is 11.6 Å². The molecular formula is C29H30ClN5O3. The number of anilines is 2. The van der Waals surface area contributed by atoms with Crippen molar-refractivity contribution in [2.75, 3.05) is 10.6 Å². The summed E-state index contributed by atoms with van der Waals surface area (Å²) in [6.07, 6.45) is 7.01. The minimum atomic E-state index is -0.545. The summed E-state index contributed by atoms with van der Waals surface area (Å²) >= 11 is 6.15. The molecule has 8 nitrogen and oxygen atoms in total. The van der Waals surface area contributed by atoms with Crippen molar-refractivity contribution in [3.8, 4) is 11.8 Å². The van der Waals surface area contributed by atoms with Crippen LogP contribution in [0, 0.1) is 42.2 Å². The first-order valence-corrected chi connectivity index (χ1v) is 13.0. The van der Waals surface area contributed by atoms with E-state index in [2.05, 4.69) is 10.6 Å². The van der Waals surface area contributed by atoms with Gasteiger partial charge in [0, 0.05) is 34.2 Å². The lowest BCUT2D eigenvalue weighted by Gasteiger charge is -2.24. The van der Waals surface area contributed by atoms with Gasteiger partial charge in [0.15, 0.2) is 0 Å². The number of nitriles is 1. The second kappa shape index (κ2) is 11.5. The molecule has 1 aromatic heterocycles. The Kier molecular flexibility index (Phi) is 8.18. The molecule has 0 unspecified atom stereocenters.